The monoisotopic (exact) mass is 1590 g/mol. The molecular formula is C108H131N7O4. The van der Waals surface area contributed by atoms with Gasteiger partial charge in [0, 0.05) is 78.4 Å². The Labute approximate surface area is 725 Å². The summed E-state index contributed by atoms with van der Waals surface area (Å²) in [5, 5.41) is 13.5. The number of benzene rings is 10. The molecule has 622 valence electrons. The second kappa shape index (κ2) is 45.4. The molecule has 0 bridgehead atoms. The lowest BCUT2D eigenvalue weighted by molar-refractivity contribution is 0.305. The largest absolute Gasteiger partial charge is 0.494 e. The standard InChI is InChI=1S/C48H42O2.C36H30N4O2.C24H31N3.14H2/c1-5-7-9-11-13-15-33-49-41-27-31-45-44(30-26-40-23-19-38(4)20-24-40)48-36-42(50-34-16-14-12-10-8-6-2)28-32-46(48)43(47(45)35-41)29-25-39-21-17-37(3)18-22-39;1-5-7-9-11-17-41-35-21-28(34-24-38-32-20-26(4)14-16-30(32)40-34)36(42-18-12-10-8-6-2)22-27(35)33-23-37-31-19-25(3)13-15-29(31)39-33;1-4-5-6-7-8-9-18-27-23(21-14-10-19(2)11-15-21)25-26-24(27)22-16-12-20(3)13-17-22;;;;;;;;;;;;;;/h1,17-32,35-36H,6,8,10,12,14,16,34H2,2-4H3;1,13-16,19-24H,6,8,10,12,18H2,2-4H3;10-17H,4-9,18H2,1-3H3;14*1H/b29-25+,30-26+;;;;;;;;;;;;;;;;. The maximum atomic E-state index is 6.40. The van der Waals surface area contributed by atoms with Crippen LogP contribution in [0.4, 0.5) is 0 Å². The highest BCUT2D eigenvalue weighted by atomic mass is 16.5. The van der Waals surface area contributed by atoms with Crippen LogP contribution in [0.25, 0.3) is 113 Å². The van der Waals surface area contributed by atoms with E-state index in [1.165, 1.54) is 92.9 Å². The van der Waals surface area contributed by atoms with E-state index in [-0.39, 0.29) is 20.0 Å². The Morgan fingerprint density at radius 2 is 0.756 bits per heavy atom. The molecule has 3 heterocycles. The molecule has 11 heteroatoms. The van der Waals surface area contributed by atoms with E-state index < -0.39 is 0 Å². The van der Waals surface area contributed by atoms with Crippen LogP contribution in [0.2, 0.25) is 0 Å². The van der Waals surface area contributed by atoms with E-state index in [9.17, 15) is 0 Å². The molecule has 10 aromatic carbocycles. The molecule has 0 N–H and O–H groups in total. The van der Waals surface area contributed by atoms with E-state index in [0.29, 0.717) is 47.4 Å². The van der Waals surface area contributed by atoms with Crippen molar-refractivity contribution in [3.8, 4) is 153 Å². The predicted molar refractivity (Wildman–Crippen MR) is 524 cm³/mol. The number of unbranched alkanes of at least 4 members (excludes halogenated alkanes) is 13. The van der Waals surface area contributed by atoms with Gasteiger partial charge in [0.2, 0.25) is 0 Å². The second-order valence-electron chi connectivity index (χ2n) is 29.8. The smallest absolute Gasteiger partial charge is 0.164 e. The number of terminal acetylenes is 2. The fraction of sp³-hybridized carbons (Fsp3) is 0.259. The molecule has 0 saturated heterocycles. The fourth-order valence-electron chi connectivity index (χ4n) is 13.7. The van der Waals surface area contributed by atoms with Gasteiger partial charge in [0.1, 0.15) is 29.5 Å². The van der Waals surface area contributed by atoms with Gasteiger partial charge in [-0.1, -0.05) is 266 Å². The van der Waals surface area contributed by atoms with Crippen LogP contribution in [-0.2, 0) is 6.54 Å². The van der Waals surface area contributed by atoms with E-state index in [1.54, 1.807) is 12.4 Å². The molecule has 13 rings (SSSR count). The number of aryl methyl sites for hydroxylation is 6. The molecule has 0 radical (unpaired) electrons. The average Bonchev–Trinajstić information content (AvgIpc) is 1.25. The number of fused-ring (bicyclic) bond motifs is 4. The molecule has 0 aliphatic carbocycles. The topological polar surface area (TPSA) is 119 Å². The van der Waals surface area contributed by atoms with Gasteiger partial charge in [0.15, 0.2) is 17.4 Å². The number of aromatic nitrogens is 7. The van der Waals surface area contributed by atoms with Crippen LogP contribution in [0.1, 0.15) is 199 Å². The highest BCUT2D eigenvalue weighted by Gasteiger charge is 2.21. The predicted octanol–water partition coefficient (Wildman–Crippen LogP) is 29.2. The Morgan fingerprint density at radius 3 is 1.27 bits per heavy atom. The Hall–Kier alpha value is -13.9. The zero-order chi connectivity index (χ0) is 83.3. The summed E-state index contributed by atoms with van der Waals surface area (Å²) in [5.41, 5.74) is 19.9. The Balaban J connectivity index is -0.000000922. The van der Waals surface area contributed by atoms with Crippen LogP contribution in [0.15, 0.2) is 194 Å². The minimum Gasteiger partial charge on any atom is -0.494 e. The maximum absolute atomic E-state index is 6.40. The van der Waals surface area contributed by atoms with Crippen LogP contribution in [0.5, 0.6) is 23.0 Å². The highest BCUT2D eigenvalue weighted by Crippen LogP contribution is 2.42. The normalized spacial score (nSPS) is 10.6. The van der Waals surface area contributed by atoms with Crippen molar-refractivity contribution >= 4 is 67.9 Å². The number of hydrogen-bond acceptors (Lipinski definition) is 10. The Bertz CT molecular complexity index is 6140. The van der Waals surface area contributed by atoms with Gasteiger partial charge in [-0.15, -0.1) is 23.0 Å². The fourth-order valence-corrected chi connectivity index (χ4v) is 13.7. The van der Waals surface area contributed by atoms with Crippen LogP contribution in [-0.4, -0.2) is 47.9 Å². The minimum atomic E-state index is 0. The van der Waals surface area contributed by atoms with Crippen molar-refractivity contribution in [3.63, 3.8) is 0 Å². The molecule has 11 nitrogen and oxygen atoms in total. The van der Waals surface area contributed by atoms with E-state index >= 15 is 0 Å². The summed E-state index contributed by atoms with van der Waals surface area (Å²) in [6, 6.07) is 62.7. The lowest BCUT2D eigenvalue weighted by Gasteiger charge is -2.16. The first-order valence-corrected chi connectivity index (χ1v) is 41.6. The van der Waals surface area contributed by atoms with Gasteiger partial charge in [-0.05, 0) is 212 Å². The van der Waals surface area contributed by atoms with Gasteiger partial charge < -0.3 is 23.5 Å². The quantitative estimate of drug-likeness (QED) is 0.0180. The summed E-state index contributed by atoms with van der Waals surface area (Å²) in [5.74, 6) is 29.7. The summed E-state index contributed by atoms with van der Waals surface area (Å²) in [6.07, 6.45) is 47.4. The zero-order valence-electron chi connectivity index (χ0n) is 70.1. The molecule has 0 fully saturated rings. The summed E-state index contributed by atoms with van der Waals surface area (Å²) in [7, 11) is 0. The highest BCUT2D eigenvalue weighted by molar-refractivity contribution is 6.15. The van der Waals surface area contributed by atoms with Crippen molar-refractivity contribution in [2.24, 2.45) is 0 Å². The lowest BCUT2D eigenvalue weighted by atomic mass is 9.90. The van der Waals surface area contributed by atoms with Crippen LogP contribution >= 0.6 is 0 Å². The SMILES string of the molecule is C#CC#CC#CC#COc1ccc2c(/C=C/c3ccc(C)cc3)c3cc(OCCCCCCCC)ccc3c(/C=C/c3ccc(C)cc3)c2c1.C#CC#CC#COc1cc(-c2cnc3cc(C)ccc3n2)c(OCCCCCC)cc1-c1cnc2cc(C)ccc2n1.CCCCCCCCn1c(-c2ccc(C)cc2)nnc1-c1ccc(C)cc1.[HH].[HH].[HH].[HH].[HH].[HH].[HH].[HH].[HH].[HH].[HH].[HH].[HH].[HH]. The third-order valence-corrected chi connectivity index (χ3v) is 20.3. The van der Waals surface area contributed by atoms with Crippen molar-refractivity contribution in [1.29, 1.82) is 0 Å². The lowest BCUT2D eigenvalue weighted by Crippen LogP contribution is -2.03. The van der Waals surface area contributed by atoms with E-state index in [0.717, 1.165) is 150 Å². The third kappa shape index (κ3) is 25.3. The van der Waals surface area contributed by atoms with Crippen LogP contribution in [0, 0.1) is 126 Å². The number of ether oxygens (including phenoxy) is 4. The van der Waals surface area contributed by atoms with Crippen LogP contribution in [0.3, 0.4) is 0 Å². The summed E-state index contributed by atoms with van der Waals surface area (Å²) in [4.78, 5) is 19.1. The first-order chi connectivity index (χ1) is 58.3. The van der Waals surface area contributed by atoms with E-state index in [4.69, 9.17) is 41.8 Å². The van der Waals surface area contributed by atoms with Gasteiger partial charge in [-0.25, -0.2) is 9.97 Å². The van der Waals surface area contributed by atoms with Gasteiger partial charge in [-0.3, -0.25) is 9.97 Å². The summed E-state index contributed by atoms with van der Waals surface area (Å²) in [6.45, 7) is 21.4. The molecule has 0 amide bonds. The first-order valence-electron chi connectivity index (χ1n) is 41.6. The van der Waals surface area contributed by atoms with Gasteiger partial charge in [0.05, 0.1) is 59.1 Å². The molecule has 119 heavy (non-hydrogen) atoms. The molecule has 13 aromatic rings. The summed E-state index contributed by atoms with van der Waals surface area (Å²) >= 11 is 0. The van der Waals surface area contributed by atoms with E-state index in [2.05, 4.69) is 296 Å². The van der Waals surface area contributed by atoms with Crippen LogP contribution < -0.4 is 18.9 Å². The second-order valence-corrected chi connectivity index (χ2v) is 29.8. The van der Waals surface area contributed by atoms with Crippen molar-refractivity contribution in [1.82, 2.24) is 34.7 Å². The third-order valence-electron chi connectivity index (χ3n) is 20.3. The maximum Gasteiger partial charge on any atom is 0.164 e. The molecule has 0 unspecified atom stereocenters. The van der Waals surface area contributed by atoms with Crippen molar-refractivity contribution < 1.29 is 38.9 Å². The zero-order valence-corrected chi connectivity index (χ0v) is 70.1. The number of nitrogens with zero attached hydrogens (tertiary/aromatic N) is 7. The number of rotatable bonds is 31. The Kier molecular flexibility index (Phi) is 32.8. The van der Waals surface area contributed by atoms with Crippen molar-refractivity contribution in [3.05, 3.63) is 250 Å². The molecule has 0 aliphatic rings. The van der Waals surface area contributed by atoms with Crippen molar-refractivity contribution in [2.45, 2.75) is 172 Å². The molecule has 3 aromatic heterocycles. The van der Waals surface area contributed by atoms with Gasteiger partial charge in [-0.2, -0.15) is 0 Å². The molecular weight excluding hydrogens is 1460 g/mol. The minimum absolute atomic E-state index is 0. The summed E-state index contributed by atoms with van der Waals surface area (Å²) < 4.78 is 26.8. The van der Waals surface area contributed by atoms with Gasteiger partial charge in [0.25, 0.3) is 0 Å². The molecule has 0 aliphatic heterocycles. The van der Waals surface area contributed by atoms with Crippen molar-refractivity contribution in [2.75, 3.05) is 13.2 Å². The van der Waals surface area contributed by atoms with E-state index in [1.807, 2.05) is 68.4 Å². The molecule has 0 spiro atoms. The molecule has 0 saturated carbocycles. The van der Waals surface area contributed by atoms with Gasteiger partial charge >= 0.3 is 0 Å². The number of hydrogen-bond donors (Lipinski definition) is 0. The average molecular weight is 1590 g/mol. The molecule has 0 atom stereocenters. The first kappa shape index (κ1) is 86.0. The Morgan fingerprint density at radius 1 is 0.353 bits per heavy atom.